The van der Waals surface area contributed by atoms with E-state index in [1.165, 1.54) is 13.2 Å². The van der Waals surface area contributed by atoms with Gasteiger partial charge in [-0.25, -0.2) is 4.39 Å². The highest BCUT2D eigenvalue weighted by molar-refractivity contribution is 14.1. The summed E-state index contributed by atoms with van der Waals surface area (Å²) in [7, 11) is 3.05. The molecule has 138 valence electrons. The Labute approximate surface area is 165 Å². The van der Waals surface area contributed by atoms with Crippen molar-refractivity contribution in [1.82, 2.24) is 0 Å². The van der Waals surface area contributed by atoms with Crippen LogP contribution in [-0.2, 0) is 0 Å². The fraction of sp³-hybridized carbons (Fsp3) is 0.316. The zero-order valence-electron chi connectivity index (χ0n) is 14.6. The highest BCUT2D eigenvalue weighted by Gasteiger charge is 2.18. The number of rotatable bonds is 5. The van der Waals surface area contributed by atoms with E-state index in [9.17, 15) is 9.18 Å². The predicted octanol–water partition coefficient (Wildman–Crippen LogP) is 4.30. The number of hydrogen-bond donors (Lipinski definition) is 1. The second-order valence-electron chi connectivity index (χ2n) is 6.00. The highest BCUT2D eigenvalue weighted by Crippen LogP contribution is 2.32. The van der Waals surface area contributed by atoms with Crippen molar-refractivity contribution < 1.29 is 18.7 Å². The van der Waals surface area contributed by atoms with Gasteiger partial charge in [0.15, 0.2) is 11.5 Å². The number of amides is 1. The largest absolute Gasteiger partial charge is 0.493 e. The van der Waals surface area contributed by atoms with Gasteiger partial charge in [0.1, 0.15) is 5.82 Å². The number of methoxy groups -OCH3 is 2. The van der Waals surface area contributed by atoms with Crippen LogP contribution in [0.4, 0.5) is 15.8 Å². The minimum absolute atomic E-state index is 0.327. The van der Waals surface area contributed by atoms with Gasteiger partial charge in [-0.2, -0.15) is 0 Å². The van der Waals surface area contributed by atoms with Gasteiger partial charge in [0.05, 0.1) is 25.5 Å². The first-order valence-electron chi connectivity index (χ1n) is 8.31. The number of carbonyl (C=O) groups is 1. The lowest BCUT2D eigenvalue weighted by molar-refractivity contribution is 0.102. The third-order valence-corrected chi connectivity index (χ3v) is 5.26. The molecule has 3 rings (SSSR count). The quantitative estimate of drug-likeness (QED) is 0.663. The predicted molar refractivity (Wildman–Crippen MR) is 108 cm³/mol. The van der Waals surface area contributed by atoms with Crippen molar-refractivity contribution in [1.29, 1.82) is 0 Å². The molecule has 1 saturated heterocycles. The summed E-state index contributed by atoms with van der Waals surface area (Å²) >= 11 is 2.06. The summed E-state index contributed by atoms with van der Waals surface area (Å²) in [4.78, 5) is 14.6. The molecule has 1 aliphatic heterocycles. The average Bonchev–Trinajstić information content (AvgIpc) is 3.15. The van der Waals surface area contributed by atoms with Crippen molar-refractivity contribution >= 4 is 39.9 Å². The molecule has 1 N–H and O–H groups in total. The Balaban J connectivity index is 1.80. The van der Waals surface area contributed by atoms with Gasteiger partial charge in [0.25, 0.3) is 5.91 Å². The molecule has 5 nitrogen and oxygen atoms in total. The van der Waals surface area contributed by atoms with Crippen LogP contribution in [0.1, 0.15) is 23.2 Å². The van der Waals surface area contributed by atoms with Gasteiger partial charge >= 0.3 is 0 Å². The van der Waals surface area contributed by atoms with Crippen LogP contribution < -0.4 is 19.7 Å². The summed E-state index contributed by atoms with van der Waals surface area (Å²) < 4.78 is 25.6. The highest BCUT2D eigenvalue weighted by atomic mass is 127. The maximum absolute atomic E-state index is 14.4. The normalized spacial score (nSPS) is 13.6. The molecular weight excluding hydrogens is 450 g/mol. The summed E-state index contributed by atoms with van der Waals surface area (Å²) in [6.07, 6.45) is 2.16. The average molecular weight is 470 g/mol. The first kappa shape index (κ1) is 18.8. The van der Waals surface area contributed by atoms with Crippen LogP contribution in [-0.4, -0.2) is 33.2 Å². The number of nitrogens with zero attached hydrogens (tertiary/aromatic N) is 1. The zero-order valence-corrected chi connectivity index (χ0v) is 16.8. The molecule has 1 amide bonds. The molecule has 0 bridgehead atoms. The van der Waals surface area contributed by atoms with Crippen LogP contribution in [0, 0.1) is 9.39 Å². The Hall–Kier alpha value is -2.03. The maximum atomic E-state index is 14.4. The Morgan fingerprint density at radius 1 is 1.12 bits per heavy atom. The fourth-order valence-electron chi connectivity index (χ4n) is 3.03. The van der Waals surface area contributed by atoms with E-state index in [2.05, 4.69) is 27.9 Å². The van der Waals surface area contributed by atoms with Crippen LogP contribution in [0.2, 0.25) is 0 Å². The molecular formula is C19H20FIN2O3. The topological polar surface area (TPSA) is 50.8 Å². The van der Waals surface area contributed by atoms with E-state index < -0.39 is 0 Å². The van der Waals surface area contributed by atoms with Crippen molar-refractivity contribution in [3.05, 3.63) is 45.3 Å². The molecule has 2 aromatic rings. The fourth-order valence-corrected chi connectivity index (χ4v) is 3.71. The van der Waals surface area contributed by atoms with E-state index in [1.807, 2.05) is 4.90 Å². The molecule has 0 saturated carbocycles. The molecule has 0 aliphatic carbocycles. The number of ether oxygens (including phenoxy) is 2. The van der Waals surface area contributed by atoms with E-state index in [0.29, 0.717) is 32.0 Å². The van der Waals surface area contributed by atoms with Crippen LogP contribution in [0.25, 0.3) is 0 Å². The molecule has 0 spiro atoms. The number of benzene rings is 2. The van der Waals surface area contributed by atoms with Crippen LogP contribution in [0.15, 0.2) is 30.3 Å². The Bertz CT molecular complexity index is 823. The molecule has 0 aromatic heterocycles. The van der Waals surface area contributed by atoms with Crippen LogP contribution >= 0.6 is 22.6 Å². The van der Waals surface area contributed by atoms with Gasteiger partial charge in [-0.05, 0) is 65.8 Å². The zero-order chi connectivity index (χ0) is 18.7. The van der Waals surface area contributed by atoms with Crippen LogP contribution in [0.5, 0.6) is 11.5 Å². The molecule has 1 heterocycles. The third-order valence-electron chi connectivity index (χ3n) is 4.37. The SMILES string of the molecule is COc1cc(I)c(C(=O)Nc2ccc(N3CCCC3)c(F)c2)cc1OC. The molecule has 1 fully saturated rings. The van der Waals surface area contributed by atoms with E-state index in [4.69, 9.17) is 9.47 Å². The van der Waals surface area contributed by atoms with Gasteiger partial charge < -0.3 is 19.7 Å². The van der Waals surface area contributed by atoms with Crippen molar-refractivity contribution in [3.63, 3.8) is 0 Å². The summed E-state index contributed by atoms with van der Waals surface area (Å²) in [5.74, 6) is 0.360. The summed E-state index contributed by atoms with van der Waals surface area (Å²) in [6.45, 7) is 1.74. The molecule has 7 heteroatoms. The molecule has 1 aliphatic rings. The number of nitrogens with one attached hydrogen (secondary N) is 1. The lowest BCUT2D eigenvalue weighted by Crippen LogP contribution is -2.19. The third kappa shape index (κ3) is 3.87. The second kappa shape index (κ2) is 8.11. The minimum atomic E-state index is -0.330. The lowest BCUT2D eigenvalue weighted by atomic mass is 10.1. The van der Waals surface area contributed by atoms with E-state index in [-0.39, 0.29) is 11.7 Å². The van der Waals surface area contributed by atoms with Crippen molar-refractivity contribution in [2.24, 2.45) is 0 Å². The maximum Gasteiger partial charge on any atom is 0.256 e. The molecule has 0 radical (unpaired) electrons. The summed E-state index contributed by atoms with van der Waals surface area (Å²) in [6, 6.07) is 8.15. The summed E-state index contributed by atoms with van der Waals surface area (Å²) in [5, 5.41) is 2.75. The van der Waals surface area contributed by atoms with Crippen molar-refractivity contribution in [3.8, 4) is 11.5 Å². The second-order valence-corrected chi connectivity index (χ2v) is 7.16. The number of halogens is 2. The van der Waals surface area contributed by atoms with Crippen molar-refractivity contribution in [2.75, 3.05) is 37.5 Å². The van der Waals surface area contributed by atoms with Crippen molar-refractivity contribution in [2.45, 2.75) is 12.8 Å². The van der Waals surface area contributed by atoms with E-state index >= 15 is 0 Å². The number of carbonyl (C=O) groups excluding carboxylic acids is 1. The Morgan fingerprint density at radius 3 is 2.38 bits per heavy atom. The number of anilines is 2. The van der Waals surface area contributed by atoms with Gasteiger partial charge in [-0.1, -0.05) is 0 Å². The Morgan fingerprint density at radius 2 is 1.77 bits per heavy atom. The monoisotopic (exact) mass is 470 g/mol. The number of hydrogen-bond acceptors (Lipinski definition) is 4. The Kier molecular flexibility index (Phi) is 5.85. The molecule has 26 heavy (non-hydrogen) atoms. The first-order valence-corrected chi connectivity index (χ1v) is 9.38. The molecule has 0 atom stereocenters. The van der Waals surface area contributed by atoms with Gasteiger partial charge in [-0.3, -0.25) is 4.79 Å². The van der Waals surface area contributed by atoms with Gasteiger partial charge in [0, 0.05) is 22.3 Å². The lowest BCUT2D eigenvalue weighted by Gasteiger charge is -2.19. The standard InChI is InChI=1S/C19H20FIN2O3/c1-25-17-10-13(15(21)11-18(17)26-2)19(24)22-12-5-6-16(14(20)9-12)23-7-3-4-8-23/h5-6,9-11H,3-4,7-8H2,1-2H3,(H,22,24). The van der Waals surface area contributed by atoms with Gasteiger partial charge in [0.2, 0.25) is 0 Å². The van der Waals surface area contributed by atoms with Gasteiger partial charge in [-0.15, -0.1) is 0 Å². The molecule has 2 aromatic carbocycles. The van der Waals surface area contributed by atoms with Crippen LogP contribution in [0.3, 0.4) is 0 Å². The van der Waals surface area contributed by atoms with E-state index in [0.717, 1.165) is 25.9 Å². The molecule has 0 unspecified atom stereocenters. The minimum Gasteiger partial charge on any atom is -0.493 e. The smallest absolute Gasteiger partial charge is 0.256 e. The first-order chi connectivity index (χ1) is 12.5. The van der Waals surface area contributed by atoms with E-state index in [1.54, 1.807) is 31.4 Å². The summed E-state index contributed by atoms with van der Waals surface area (Å²) in [5.41, 5.74) is 1.44.